The van der Waals surface area contributed by atoms with E-state index in [0.717, 1.165) is 19.0 Å². The highest BCUT2D eigenvalue weighted by Crippen LogP contribution is 2.26. The van der Waals surface area contributed by atoms with Gasteiger partial charge < -0.3 is 10.4 Å². The van der Waals surface area contributed by atoms with E-state index in [1.165, 1.54) is 24.0 Å². The molecule has 2 N–H and O–H groups in total. The number of aliphatic hydroxyl groups excluding tert-OH is 1. The third-order valence-electron chi connectivity index (χ3n) is 3.59. The second-order valence-corrected chi connectivity index (χ2v) is 4.77. The fraction of sp³-hybridized carbons (Fsp3) is 0.571. The van der Waals surface area contributed by atoms with Crippen LogP contribution < -0.4 is 5.32 Å². The van der Waals surface area contributed by atoms with Crippen LogP contribution in [0, 0.1) is 0 Å². The van der Waals surface area contributed by atoms with Crippen molar-refractivity contribution in [1.29, 1.82) is 0 Å². The van der Waals surface area contributed by atoms with Crippen molar-refractivity contribution in [3.63, 3.8) is 0 Å². The maximum Gasteiger partial charge on any atom is 0.0497 e. The lowest BCUT2D eigenvalue weighted by Gasteiger charge is -2.23. The van der Waals surface area contributed by atoms with E-state index in [0.29, 0.717) is 0 Å². The van der Waals surface area contributed by atoms with E-state index in [1.807, 2.05) is 0 Å². The summed E-state index contributed by atoms with van der Waals surface area (Å²) in [6.07, 6.45) is 2.49. The van der Waals surface area contributed by atoms with Crippen LogP contribution in [0.1, 0.15) is 42.7 Å². The quantitative estimate of drug-likeness (QED) is 0.817. The molecule has 1 aliphatic heterocycles. The molecule has 0 spiro atoms. The Labute approximate surface area is 97.7 Å². The van der Waals surface area contributed by atoms with Gasteiger partial charge >= 0.3 is 0 Å². The monoisotopic (exact) mass is 219 g/mol. The standard InChI is InChI=1S/C14H21NO/c1-11(10-16)12-2-4-13(5-3-12)14-6-8-15-9-7-14/h2-5,11,14-16H,6-10H2,1H3. The number of aliphatic hydroxyl groups is 1. The zero-order valence-corrected chi connectivity index (χ0v) is 9.95. The van der Waals surface area contributed by atoms with Crippen LogP contribution in [0.4, 0.5) is 0 Å². The van der Waals surface area contributed by atoms with Gasteiger partial charge in [-0.15, -0.1) is 0 Å². The number of benzene rings is 1. The Balaban J connectivity index is 2.06. The van der Waals surface area contributed by atoms with Crippen molar-refractivity contribution in [1.82, 2.24) is 5.32 Å². The molecular formula is C14H21NO. The topological polar surface area (TPSA) is 32.3 Å². The van der Waals surface area contributed by atoms with Gasteiger partial charge in [0, 0.05) is 12.5 Å². The van der Waals surface area contributed by atoms with Crippen LogP contribution in [0.15, 0.2) is 24.3 Å². The number of nitrogens with one attached hydrogen (secondary N) is 1. The van der Waals surface area contributed by atoms with E-state index in [4.69, 9.17) is 5.11 Å². The number of hydrogen-bond donors (Lipinski definition) is 2. The minimum absolute atomic E-state index is 0.229. The fourth-order valence-electron chi connectivity index (χ4n) is 2.36. The van der Waals surface area contributed by atoms with Crippen molar-refractivity contribution >= 4 is 0 Å². The molecule has 0 bridgehead atoms. The van der Waals surface area contributed by atoms with Crippen LogP contribution in [0.2, 0.25) is 0 Å². The Hall–Kier alpha value is -0.860. The van der Waals surface area contributed by atoms with Crippen LogP contribution in [0.3, 0.4) is 0 Å². The molecule has 0 radical (unpaired) electrons. The summed E-state index contributed by atoms with van der Waals surface area (Å²) in [4.78, 5) is 0. The molecule has 88 valence electrons. The van der Waals surface area contributed by atoms with E-state index in [1.54, 1.807) is 0 Å². The first-order valence-corrected chi connectivity index (χ1v) is 6.22. The van der Waals surface area contributed by atoms with Gasteiger partial charge in [0.15, 0.2) is 0 Å². The summed E-state index contributed by atoms with van der Waals surface area (Å²) >= 11 is 0. The Bertz CT molecular complexity index is 314. The molecule has 1 aromatic carbocycles. The molecule has 1 atom stereocenters. The summed E-state index contributed by atoms with van der Waals surface area (Å²) in [5.41, 5.74) is 2.69. The predicted octanol–water partition coefficient (Wildman–Crippen LogP) is 2.25. The van der Waals surface area contributed by atoms with E-state index in [9.17, 15) is 0 Å². The molecule has 2 rings (SSSR count). The second-order valence-electron chi connectivity index (χ2n) is 4.77. The molecule has 1 saturated heterocycles. The Morgan fingerprint density at radius 1 is 1.25 bits per heavy atom. The Morgan fingerprint density at radius 2 is 1.88 bits per heavy atom. The second kappa shape index (κ2) is 5.46. The van der Waals surface area contributed by atoms with Gasteiger partial charge in [-0.25, -0.2) is 0 Å². The summed E-state index contributed by atoms with van der Waals surface area (Å²) in [5.74, 6) is 0.974. The van der Waals surface area contributed by atoms with E-state index >= 15 is 0 Å². The minimum atomic E-state index is 0.229. The zero-order chi connectivity index (χ0) is 11.4. The third-order valence-corrected chi connectivity index (χ3v) is 3.59. The van der Waals surface area contributed by atoms with Crippen molar-refractivity contribution in [2.75, 3.05) is 19.7 Å². The Morgan fingerprint density at radius 3 is 2.44 bits per heavy atom. The first kappa shape index (κ1) is 11.6. The van der Waals surface area contributed by atoms with E-state index in [-0.39, 0.29) is 12.5 Å². The van der Waals surface area contributed by atoms with Crippen molar-refractivity contribution in [3.8, 4) is 0 Å². The van der Waals surface area contributed by atoms with Gasteiger partial charge in [-0.2, -0.15) is 0 Å². The third kappa shape index (κ3) is 2.63. The smallest absolute Gasteiger partial charge is 0.0497 e. The molecule has 0 aromatic heterocycles. The van der Waals surface area contributed by atoms with Gasteiger partial charge in [0.05, 0.1) is 0 Å². The molecule has 1 aromatic rings. The van der Waals surface area contributed by atoms with E-state index < -0.39 is 0 Å². The van der Waals surface area contributed by atoms with Crippen molar-refractivity contribution < 1.29 is 5.11 Å². The van der Waals surface area contributed by atoms with Crippen LogP contribution in [0.25, 0.3) is 0 Å². The SMILES string of the molecule is CC(CO)c1ccc(C2CCNCC2)cc1. The first-order chi connectivity index (χ1) is 7.81. The molecule has 2 nitrogen and oxygen atoms in total. The molecule has 16 heavy (non-hydrogen) atoms. The lowest BCUT2D eigenvalue weighted by atomic mass is 9.89. The molecule has 0 saturated carbocycles. The normalized spacial score (nSPS) is 19.6. The van der Waals surface area contributed by atoms with E-state index in [2.05, 4.69) is 36.5 Å². The van der Waals surface area contributed by atoms with Crippen LogP contribution >= 0.6 is 0 Å². The molecular weight excluding hydrogens is 198 g/mol. The highest BCUT2D eigenvalue weighted by atomic mass is 16.3. The van der Waals surface area contributed by atoms with Gasteiger partial charge in [0.25, 0.3) is 0 Å². The van der Waals surface area contributed by atoms with Crippen molar-refractivity contribution in [2.24, 2.45) is 0 Å². The average molecular weight is 219 g/mol. The van der Waals surface area contributed by atoms with Gasteiger partial charge in [-0.3, -0.25) is 0 Å². The molecule has 1 fully saturated rings. The molecule has 0 aliphatic carbocycles. The van der Waals surface area contributed by atoms with Crippen LogP contribution in [-0.2, 0) is 0 Å². The lowest BCUT2D eigenvalue weighted by Crippen LogP contribution is -2.26. The number of rotatable bonds is 3. The summed E-state index contributed by atoms with van der Waals surface area (Å²) in [6.45, 7) is 4.56. The highest BCUT2D eigenvalue weighted by Gasteiger charge is 2.15. The first-order valence-electron chi connectivity index (χ1n) is 6.22. The summed E-state index contributed by atoms with van der Waals surface area (Å²) in [5, 5.41) is 12.5. The lowest BCUT2D eigenvalue weighted by molar-refractivity contribution is 0.273. The average Bonchev–Trinajstić information content (AvgIpc) is 2.39. The molecule has 1 heterocycles. The minimum Gasteiger partial charge on any atom is -0.396 e. The van der Waals surface area contributed by atoms with Crippen LogP contribution in [0.5, 0.6) is 0 Å². The zero-order valence-electron chi connectivity index (χ0n) is 9.95. The maximum absolute atomic E-state index is 9.10. The van der Waals surface area contributed by atoms with Crippen LogP contribution in [-0.4, -0.2) is 24.8 Å². The van der Waals surface area contributed by atoms with Gasteiger partial charge in [-0.1, -0.05) is 31.2 Å². The van der Waals surface area contributed by atoms with Crippen molar-refractivity contribution in [3.05, 3.63) is 35.4 Å². The van der Waals surface area contributed by atoms with Gasteiger partial charge in [-0.05, 0) is 43.0 Å². The maximum atomic E-state index is 9.10. The number of piperidine rings is 1. The molecule has 1 unspecified atom stereocenters. The molecule has 2 heteroatoms. The van der Waals surface area contributed by atoms with Crippen molar-refractivity contribution in [2.45, 2.75) is 31.6 Å². The summed E-state index contributed by atoms with van der Waals surface area (Å²) < 4.78 is 0. The predicted molar refractivity (Wildman–Crippen MR) is 66.8 cm³/mol. The van der Waals surface area contributed by atoms with Gasteiger partial charge in [0.1, 0.15) is 0 Å². The highest BCUT2D eigenvalue weighted by molar-refractivity contribution is 5.27. The van der Waals surface area contributed by atoms with Gasteiger partial charge in [0.2, 0.25) is 0 Å². The fourth-order valence-corrected chi connectivity index (χ4v) is 2.36. The summed E-state index contributed by atoms with van der Waals surface area (Å²) in [6, 6.07) is 8.80. The molecule has 0 amide bonds. The number of hydrogen-bond acceptors (Lipinski definition) is 2. The summed E-state index contributed by atoms with van der Waals surface area (Å²) in [7, 11) is 0. The Kier molecular flexibility index (Phi) is 3.97. The largest absolute Gasteiger partial charge is 0.396 e. The molecule has 1 aliphatic rings.